The molecule has 0 radical (unpaired) electrons. The zero-order valence-corrected chi connectivity index (χ0v) is 77.7. The number of benzene rings is 1. The minimum atomic E-state index is -2.47. The maximum Gasteiger partial charge on any atom is 0.329 e. The number of cyclic esters (lactones) is 1. The molecular weight excluding hydrogens is 1670 g/mol. The van der Waals surface area contributed by atoms with Crippen molar-refractivity contribution < 1.29 is 114 Å². The van der Waals surface area contributed by atoms with Gasteiger partial charge < -0.3 is 107 Å². The number of allylic oxidation sites excluding steroid dienone is 6. The zero-order chi connectivity index (χ0) is 92.6. The molecule has 5 aromatic rings. The summed E-state index contributed by atoms with van der Waals surface area (Å²) < 4.78 is 96.6. The number of nitrogens with two attached hydrogens (primary N) is 1. The van der Waals surface area contributed by atoms with Crippen LogP contribution in [-0.4, -0.2) is 312 Å². The SMILES string of the molecule is CO[C@H]1C[C@@H]2CC[C@@H](C)[C@@](O)(O2)C(=O)C(=O)N2CCCC[C@H]2C(=O)OC([C@H](C)C[C@@H]2CC[C@@H](OCCOCc3cn(CCOCCOCCOCCOCCOCCOCCOCCOCCC(=O)NCCCCn4nc(-c5ccc6oc(N)nc6c5)c5c(N(C)C)ncnc54)nn3)[C@H](OC)C2)CC(=O)[C@H](C)/C=C(\C)[C@@H](O)[C@@H](OC)C(=O)[C@H](C)C[C@H](C)/C=C/C=C/C=C/1C. The van der Waals surface area contributed by atoms with Crippen molar-refractivity contribution in [3.63, 3.8) is 0 Å². The second kappa shape index (κ2) is 55.3. The van der Waals surface area contributed by atoms with E-state index >= 15 is 0 Å². The van der Waals surface area contributed by atoms with E-state index in [-0.39, 0.29) is 85.9 Å². The average Bonchev–Trinajstić information content (AvgIpc) is 0.947. The summed E-state index contributed by atoms with van der Waals surface area (Å²) in [5.41, 5.74) is 11.2. The number of hydrogen-bond donors (Lipinski definition) is 4. The van der Waals surface area contributed by atoms with Gasteiger partial charge in [0.1, 0.15) is 59.2 Å². The van der Waals surface area contributed by atoms with Gasteiger partial charge in [-0.3, -0.25) is 24.0 Å². The van der Waals surface area contributed by atoms with Gasteiger partial charge >= 0.3 is 5.97 Å². The standard InChI is InChI=1S/C93H142N12O24/c1-62-20-14-13-15-21-63(2)78(114-10)57-72-26-23-68(7)93(113,129-72)87(110)90(111)104-31-18-16-22-74(104)91(112)127-79(58-75(106)64(3)53-67(6)85(109)86(116-12)84(108)66(5)52-62)65(4)54-69-24-27-77(80(55-69)115-11)126-51-50-125-60-71-59-103(101-99-71)33-35-118-37-39-120-41-43-122-45-47-124-49-48-123-46-44-121-42-40-119-38-36-117-34-29-81(107)95-30-17-19-32-105-89-82(88(102(8)9)96-61-97-89)83(100-105)70-25-28-76-73(56-70)98-92(94)128-76/h13-15,20-21,25,28,53,56,59,61-62,64-66,68-69,72,74,77-80,85-86,109,113H,16-19,22-24,26-27,29-52,54-55,57-58,60H2,1-12H3,(H2,94,98)(H,95,107)/b15-13+,20-14+,63-21+,67-53+/t62-,64-,65-,66-,68-,69+,72+,74+,77-,78+,79?,80-,85-,86+,93-/m1/s1. The molecule has 2 bridgehead atoms. The molecule has 9 rings (SSSR count). The Labute approximate surface area is 757 Å². The summed E-state index contributed by atoms with van der Waals surface area (Å²) in [4.78, 5) is 101. The Morgan fingerprint density at radius 1 is 0.729 bits per heavy atom. The van der Waals surface area contributed by atoms with Crippen molar-refractivity contribution in [3.8, 4) is 11.3 Å². The van der Waals surface area contributed by atoms with Gasteiger partial charge in [-0.1, -0.05) is 76.3 Å². The fraction of sp³-hybridized carbons (Fsp3) is 0.699. The van der Waals surface area contributed by atoms with Gasteiger partial charge in [0.15, 0.2) is 17.0 Å². The highest BCUT2D eigenvalue weighted by Gasteiger charge is 2.53. The number of anilines is 2. The average molecular weight is 1810 g/mol. The number of aliphatic hydroxyl groups is 2. The van der Waals surface area contributed by atoms with Crippen LogP contribution in [0, 0.1) is 35.5 Å². The number of aryl methyl sites for hydroxylation is 1. The first-order chi connectivity index (χ1) is 62.3. The van der Waals surface area contributed by atoms with Gasteiger partial charge in [0.25, 0.3) is 17.7 Å². The van der Waals surface area contributed by atoms with Crippen molar-refractivity contribution in [3.05, 3.63) is 84.0 Å². The molecule has 5 N–H and O–H groups in total. The number of methoxy groups -OCH3 is 3. The fourth-order valence-electron chi connectivity index (χ4n) is 16.7. The summed E-state index contributed by atoms with van der Waals surface area (Å²) in [6, 6.07) is 4.56. The van der Waals surface area contributed by atoms with Gasteiger partial charge in [0.2, 0.25) is 11.7 Å². The molecule has 129 heavy (non-hydrogen) atoms. The molecule has 15 atom stereocenters. The van der Waals surface area contributed by atoms with E-state index in [1.165, 1.54) is 12.0 Å². The van der Waals surface area contributed by atoms with Gasteiger partial charge in [-0.25, -0.2) is 24.1 Å². The highest BCUT2D eigenvalue weighted by Crippen LogP contribution is 2.40. The number of oxazole rings is 1. The Bertz CT molecular complexity index is 4380. The third-order valence-corrected chi connectivity index (χ3v) is 24.1. The number of rotatable bonds is 46. The predicted molar refractivity (Wildman–Crippen MR) is 479 cm³/mol. The van der Waals surface area contributed by atoms with Crippen molar-refractivity contribution in [1.82, 2.24) is 49.9 Å². The normalized spacial score (nSPS) is 26.3. The Morgan fingerprint density at radius 3 is 2.07 bits per heavy atom. The van der Waals surface area contributed by atoms with Crippen LogP contribution in [0.4, 0.5) is 11.8 Å². The molecule has 1 aliphatic carbocycles. The van der Waals surface area contributed by atoms with E-state index in [0.29, 0.717) is 219 Å². The molecule has 1 aromatic carbocycles. The molecule has 3 aliphatic heterocycles. The van der Waals surface area contributed by atoms with Crippen LogP contribution in [0.3, 0.4) is 0 Å². The van der Waals surface area contributed by atoms with E-state index in [2.05, 4.69) is 30.6 Å². The molecule has 4 aliphatic rings. The van der Waals surface area contributed by atoms with Crippen molar-refractivity contribution in [2.24, 2.45) is 35.5 Å². The van der Waals surface area contributed by atoms with Crippen LogP contribution in [0.1, 0.15) is 150 Å². The zero-order valence-electron chi connectivity index (χ0n) is 77.7. The number of unbranched alkanes of at least 4 members (excludes halogenated alkanes) is 1. The number of aliphatic hydroxyl groups excluding tert-OH is 1. The third-order valence-electron chi connectivity index (χ3n) is 24.1. The molecule has 1 saturated carbocycles. The van der Waals surface area contributed by atoms with E-state index in [1.807, 2.05) is 106 Å². The highest BCUT2D eigenvalue weighted by molar-refractivity contribution is 6.39. The van der Waals surface area contributed by atoms with Crippen LogP contribution in [0.15, 0.2) is 82.7 Å². The number of ketones is 3. The minimum Gasteiger partial charge on any atom is -0.460 e. The first-order valence-corrected chi connectivity index (χ1v) is 45.8. The lowest BCUT2D eigenvalue weighted by atomic mass is 9.78. The molecular formula is C93H142N12O24. The van der Waals surface area contributed by atoms with E-state index in [1.54, 1.807) is 52.1 Å². The third kappa shape index (κ3) is 32.9. The number of nitrogens with zero attached hydrogens (tertiary/aromatic N) is 10. The number of nitrogen functional groups attached to an aromatic ring is 1. The molecule has 36 heteroatoms. The van der Waals surface area contributed by atoms with Gasteiger partial charge in [0, 0.05) is 97.6 Å². The van der Waals surface area contributed by atoms with Gasteiger partial charge in [0.05, 0.1) is 168 Å². The highest BCUT2D eigenvalue weighted by atomic mass is 16.6. The lowest BCUT2D eigenvalue weighted by Crippen LogP contribution is -2.61. The lowest BCUT2D eigenvalue weighted by molar-refractivity contribution is -0.265. The lowest BCUT2D eigenvalue weighted by Gasteiger charge is -2.42. The number of amides is 2. The first kappa shape index (κ1) is 104. The van der Waals surface area contributed by atoms with Gasteiger partial charge in [-0.2, -0.15) is 10.1 Å². The molecule has 718 valence electrons. The smallest absolute Gasteiger partial charge is 0.329 e. The van der Waals surface area contributed by atoms with Crippen LogP contribution in [0.25, 0.3) is 33.4 Å². The van der Waals surface area contributed by atoms with E-state index in [0.717, 1.165) is 52.9 Å². The maximum absolute atomic E-state index is 14.8. The van der Waals surface area contributed by atoms with Crippen LogP contribution in [0.5, 0.6) is 0 Å². The summed E-state index contributed by atoms with van der Waals surface area (Å²) >= 11 is 0. The summed E-state index contributed by atoms with van der Waals surface area (Å²) in [6.07, 6.45) is 16.5. The van der Waals surface area contributed by atoms with Crippen molar-refractivity contribution in [2.75, 3.05) is 178 Å². The number of piperidine rings is 1. The number of aromatic nitrogens is 8. The predicted octanol–water partition coefficient (Wildman–Crippen LogP) is 8.73. The van der Waals surface area contributed by atoms with Gasteiger partial charge in [-0.05, 0) is 138 Å². The van der Waals surface area contributed by atoms with E-state index in [9.17, 15) is 39.0 Å². The quantitative estimate of drug-likeness (QED) is 0.0122. The number of carbonyl (C=O) groups is 6. The summed E-state index contributed by atoms with van der Waals surface area (Å²) in [5, 5.41) is 41.0. The van der Waals surface area contributed by atoms with Crippen LogP contribution in [0.2, 0.25) is 0 Å². The fourth-order valence-corrected chi connectivity index (χ4v) is 16.7. The van der Waals surface area contributed by atoms with Crippen LogP contribution >= 0.6 is 0 Å². The van der Waals surface area contributed by atoms with Crippen LogP contribution in [-0.2, 0) is 120 Å². The number of hydrogen-bond acceptors (Lipinski definition) is 32. The van der Waals surface area contributed by atoms with E-state index in [4.69, 9.17) is 86.3 Å². The first-order valence-electron chi connectivity index (χ1n) is 45.8. The molecule has 1 unspecified atom stereocenters. The molecule has 0 spiro atoms. The molecule has 3 fully saturated rings. The Morgan fingerprint density at radius 2 is 1.40 bits per heavy atom. The molecule has 36 nitrogen and oxygen atoms in total. The van der Waals surface area contributed by atoms with Crippen molar-refractivity contribution in [1.29, 1.82) is 0 Å². The Balaban J connectivity index is 0.584. The number of carbonyl (C=O) groups excluding carboxylic acids is 6. The van der Waals surface area contributed by atoms with Crippen LogP contribution < -0.4 is 16.0 Å². The van der Waals surface area contributed by atoms with E-state index < -0.39 is 77.8 Å². The molecule has 2 saturated heterocycles. The monoisotopic (exact) mass is 1810 g/mol. The molecule has 7 heterocycles. The number of esters is 1. The second-order valence-corrected chi connectivity index (χ2v) is 34.3. The number of nitrogens with one attached hydrogen (secondary N) is 1. The largest absolute Gasteiger partial charge is 0.460 e. The minimum absolute atomic E-state index is 0.00903. The number of ether oxygens (including phenoxy) is 15. The molecule has 2 amide bonds. The number of fused-ring (bicyclic) bond motifs is 5. The van der Waals surface area contributed by atoms with Crippen molar-refractivity contribution >= 4 is 69.1 Å². The Hall–Kier alpha value is -8.28. The molecule has 4 aromatic heterocycles. The maximum atomic E-state index is 14.8. The van der Waals surface area contributed by atoms with Crippen molar-refractivity contribution in [2.45, 2.75) is 219 Å². The summed E-state index contributed by atoms with van der Waals surface area (Å²) in [6.45, 7) is 21.7. The second-order valence-electron chi connectivity index (χ2n) is 34.3. The summed E-state index contributed by atoms with van der Waals surface area (Å²) in [7, 11) is 8.47. The topological polar surface area (TPSA) is 426 Å². The van der Waals surface area contributed by atoms with Gasteiger partial charge in [-0.15, -0.1) is 5.10 Å². The summed E-state index contributed by atoms with van der Waals surface area (Å²) in [5.74, 6) is -7.63. The number of Topliss-reactive ketones (excluding diaryl/α,β-unsaturated/α-hetero) is 3. The Kier molecular flexibility index (Phi) is 44.7.